The van der Waals surface area contributed by atoms with Gasteiger partial charge in [0.1, 0.15) is 5.82 Å². The van der Waals surface area contributed by atoms with E-state index in [1.54, 1.807) is 17.3 Å². The normalized spacial score (nSPS) is 19.1. The Balaban J connectivity index is 1.23. The van der Waals surface area contributed by atoms with E-state index in [0.29, 0.717) is 24.3 Å². The highest BCUT2D eigenvalue weighted by molar-refractivity contribution is 6.92. The van der Waals surface area contributed by atoms with Crippen molar-refractivity contribution in [3.8, 4) is 11.1 Å². The molecule has 1 aliphatic heterocycles. The lowest BCUT2D eigenvalue weighted by molar-refractivity contribution is 0.507. The quantitative estimate of drug-likeness (QED) is 0.135. The third kappa shape index (κ3) is 6.60. The first-order valence-corrected chi connectivity index (χ1v) is 17.5. The predicted octanol–water partition coefficient (Wildman–Crippen LogP) is 9.98. The van der Waals surface area contributed by atoms with E-state index in [1.807, 2.05) is 30.3 Å². The average Bonchev–Trinajstić information content (AvgIpc) is 2.99. The summed E-state index contributed by atoms with van der Waals surface area (Å²) < 4.78 is 42.1. The summed E-state index contributed by atoms with van der Waals surface area (Å²) in [6.07, 6.45) is 7.53. The number of hydrogen-bond donors (Lipinski definition) is 0. The molecule has 4 aromatic carbocycles. The van der Waals surface area contributed by atoms with Crippen LogP contribution in [0.3, 0.4) is 0 Å². The van der Waals surface area contributed by atoms with E-state index in [2.05, 4.69) is 43.3 Å². The van der Waals surface area contributed by atoms with Gasteiger partial charge in [-0.15, -0.1) is 0 Å². The number of rotatable bonds is 10. The lowest BCUT2D eigenvalue weighted by Crippen LogP contribution is -2.49. The van der Waals surface area contributed by atoms with Gasteiger partial charge < -0.3 is 0 Å². The first kappa shape index (κ1) is 28.4. The molecule has 0 spiro atoms. The van der Waals surface area contributed by atoms with E-state index in [-0.39, 0.29) is 5.82 Å². The molecule has 4 aromatic rings. The van der Waals surface area contributed by atoms with Gasteiger partial charge in [0.05, 0.1) is 8.07 Å². The minimum Gasteiger partial charge on any atom is -0.206 e. The fourth-order valence-electron chi connectivity index (χ4n) is 6.55. The van der Waals surface area contributed by atoms with Gasteiger partial charge in [-0.05, 0) is 72.1 Å². The molecule has 0 radical (unpaired) electrons. The summed E-state index contributed by atoms with van der Waals surface area (Å²) in [7, 11) is -1.52. The number of unbranched alkanes of at least 4 members (excludes halogenated alkanes) is 2. The summed E-state index contributed by atoms with van der Waals surface area (Å²) in [6, 6.07) is 33.0. The fraction of sp³-hybridized carbons (Fsp3) is 0.333. The molecule has 1 fully saturated rings. The van der Waals surface area contributed by atoms with Gasteiger partial charge >= 0.3 is 0 Å². The van der Waals surface area contributed by atoms with E-state index >= 15 is 4.39 Å². The Bertz CT molecular complexity index is 1390. The number of benzene rings is 4. The molecule has 1 heterocycles. The first-order valence-electron chi connectivity index (χ1n) is 14.9. The van der Waals surface area contributed by atoms with E-state index in [0.717, 1.165) is 35.1 Å². The Kier molecular flexibility index (Phi) is 9.26. The van der Waals surface area contributed by atoms with Crippen LogP contribution in [0.5, 0.6) is 0 Å². The Morgan fingerprint density at radius 3 is 2.05 bits per heavy atom. The first-order chi connectivity index (χ1) is 19.5. The summed E-state index contributed by atoms with van der Waals surface area (Å²) >= 11 is 0. The zero-order valence-electron chi connectivity index (χ0n) is 23.4. The predicted molar refractivity (Wildman–Crippen MR) is 163 cm³/mol. The molecule has 0 N–H and O–H groups in total. The topological polar surface area (TPSA) is 0 Å². The Morgan fingerprint density at radius 1 is 0.675 bits per heavy atom. The summed E-state index contributed by atoms with van der Waals surface area (Å²) in [4.78, 5) is 0. The zero-order chi connectivity index (χ0) is 28.0. The van der Waals surface area contributed by atoms with Crippen LogP contribution in [-0.4, -0.2) is 8.07 Å². The maximum absolute atomic E-state index is 15.4. The summed E-state index contributed by atoms with van der Waals surface area (Å²) in [5, 5.41) is 1.61. The van der Waals surface area contributed by atoms with Gasteiger partial charge in [0.25, 0.3) is 0 Å². The van der Waals surface area contributed by atoms with Crippen LogP contribution in [0.15, 0.2) is 91.0 Å². The fourth-order valence-corrected chi connectivity index (χ4v) is 11.8. The van der Waals surface area contributed by atoms with Crippen LogP contribution in [0, 0.1) is 17.5 Å². The standard InChI is InChI=1S/C36H39F3Si/c1-2-3-7-22-40(32-8-5-4-6-9-32)23-20-29(21-24-40)31-17-18-33(35(38)26-31)30-15-12-27(13-16-30)10-11-28-14-19-34(37)36(39)25-28/h4-6,8-9,12-19,25-26,29H,2-3,7,10-11,20-24H2,1H3. The summed E-state index contributed by atoms with van der Waals surface area (Å²) in [5.74, 6) is -1.37. The third-order valence-electron chi connectivity index (χ3n) is 9.00. The second kappa shape index (κ2) is 13.0. The van der Waals surface area contributed by atoms with Crippen molar-refractivity contribution in [2.75, 3.05) is 0 Å². The van der Waals surface area contributed by atoms with Gasteiger partial charge in [-0.2, -0.15) is 0 Å². The SMILES string of the molecule is CCCCC[Si]1(c2ccccc2)CCC(c2ccc(-c3ccc(CCc4ccc(F)c(F)c4)cc3)c(F)c2)CC1. The molecule has 4 heteroatoms. The van der Waals surface area contributed by atoms with Gasteiger partial charge in [0.15, 0.2) is 11.6 Å². The van der Waals surface area contributed by atoms with Crippen LogP contribution in [0.25, 0.3) is 11.1 Å². The molecule has 0 amide bonds. The molecule has 0 aliphatic carbocycles. The second-order valence-corrected chi connectivity index (χ2v) is 16.2. The highest BCUT2D eigenvalue weighted by Crippen LogP contribution is 2.41. The van der Waals surface area contributed by atoms with Crippen LogP contribution in [0.2, 0.25) is 18.1 Å². The Hall–Kier alpha value is -3.11. The maximum atomic E-state index is 15.4. The monoisotopic (exact) mass is 556 g/mol. The molecular weight excluding hydrogens is 517 g/mol. The van der Waals surface area contributed by atoms with Crippen molar-refractivity contribution in [1.29, 1.82) is 0 Å². The maximum Gasteiger partial charge on any atom is 0.159 e. The van der Waals surface area contributed by atoms with Crippen molar-refractivity contribution in [2.24, 2.45) is 0 Å². The summed E-state index contributed by atoms with van der Waals surface area (Å²) in [6.45, 7) is 2.28. The largest absolute Gasteiger partial charge is 0.206 e. The molecule has 5 rings (SSSR count). The molecule has 1 saturated heterocycles. The average molecular weight is 557 g/mol. The lowest BCUT2D eigenvalue weighted by atomic mass is 9.91. The van der Waals surface area contributed by atoms with Crippen molar-refractivity contribution in [3.63, 3.8) is 0 Å². The van der Waals surface area contributed by atoms with Crippen LogP contribution >= 0.6 is 0 Å². The molecular formula is C36H39F3Si. The van der Waals surface area contributed by atoms with Gasteiger partial charge in [-0.1, -0.05) is 122 Å². The van der Waals surface area contributed by atoms with Crippen molar-refractivity contribution in [3.05, 3.63) is 125 Å². The molecule has 40 heavy (non-hydrogen) atoms. The van der Waals surface area contributed by atoms with Crippen molar-refractivity contribution < 1.29 is 13.2 Å². The highest BCUT2D eigenvalue weighted by Gasteiger charge is 2.38. The second-order valence-electron chi connectivity index (χ2n) is 11.6. The minimum atomic E-state index is -1.52. The van der Waals surface area contributed by atoms with Crippen molar-refractivity contribution >= 4 is 13.3 Å². The highest BCUT2D eigenvalue weighted by atomic mass is 28.3. The van der Waals surface area contributed by atoms with Crippen LogP contribution < -0.4 is 5.19 Å². The van der Waals surface area contributed by atoms with Crippen LogP contribution in [0.4, 0.5) is 13.2 Å². The smallest absolute Gasteiger partial charge is 0.159 e. The van der Waals surface area contributed by atoms with Crippen molar-refractivity contribution in [1.82, 2.24) is 0 Å². The number of halogens is 3. The Labute approximate surface area is 238 Å². The molecule has 1 aliphatic rings. The van der Waals surface area contributed by atoms with Gasteiger partial charge in [0.2, 0.25) is 0 Å². The minimum absolute atomic E-state index is 0.160. The van der Waals surface area contributed by atoms with Gasteiger partial charge in [-0.3, -0.25) is 0 Å². The van der Waals surface area contributed by atoms with Crippen LogP contribution in [-0.2, 0) is 12.8 Å². The zero-order valence-corrected chi connectivity index (χ0v) is 24.4. The van der Waals surface area contributed by atoms with Gasteiger partial charge in [0, 0.05) is 5.56 Å². The van der Waals surface area contributed by atoms with Gasteiger partial charge in [-0.25, -0.2) is 13.2 Å². The third-order valence-corrected chi connectivity index (χ3v) is 14.4. The summed E-state index contributed by atoms with van der Waals surface area (Å²) in [5.41, 5.74) is 4.46. The van der Waals surface area contributed by atoms with E-state index in [4.69, 9.17) is 0 Å². The molecule has 0 nitrogen and oxygen atoms in total. The van der Waals surface area contributed by atoms with Crippen molar-refractivity contribution in [2.45, 2.75) is 75.9 Å². The molecule has 0 atom stereocenters. The van der Waals surface area contributed by atoms with E-state index in [1.165, 1.54) is 49.5 Å². The molecule has 0 aromatic heterocycles. The van der Waals surface area contributed by atoms with Crippen LogP contribution in [0.1, 0.15) is 61.6 Å². The molecule has 208 valence electrons. The molecule has 0 saturated carbocycles. The number of hydrogen-bond acceptors (Lipinski definition) is 0. The molecule has 0 unspecified atom stereocenters. The Morgan fingerprint density at radius 2 is 1.38 bits per heavy atom. The molecule has 0 bridgehead atoms. The van der Waals surface area contributed by atoms with E-state index < -0.39 is 19.7 Å². The van der Waals surface area contributed by atoms with E-state index in [9.17, 15) is 8.78 Å². The lowest BCUT2D eigenvalue weighted by Gasteiger charge is -2.39. The number of aryl methyl sites for hydroxylation is 2.